The highest BCUT2D eigenvalue weighted by Crippen LogP contribution is 2.25. The third kappa shape index (κ3) is 5.52. The van der Waals surface area contributed by atoms with Gasteiger partial charge in [0.1, 0.15) is 0 Å². The predicted molar refractivity (Wildman–Crippen MR) is 117 cm³/mol. The summed E-state index contributed by atoms with van der Waals surface area (Å²) in [6, 6.07) is 15.2. The molecule has 0 spiro atoms. The highest BCUT2D eigenvalue weighted by molar-refractivity contribution is 9.10. The molecule has 0 unspecified atom stereocenters. The smallest absolute Gasteiger partial charge is 0.242 e. The second kappa shape index (κ2) is 8.38. The first kappa shape index (κ1) is 21.7. The molecule has 0 fully saturated rings. The molecule has 154 valence electrons. The van der Waals surface area contributed by atoms with Crippen LogP contribution in [0, 0.1) is 0 Å². The largest absolute Gasteiger partial charge is 0.338 e. The Bertz CT molecular complexity index is 1090. The lowest BCUT2D eigenvalue weighted by Gasteiger charge is -2.18. The second-order valence-electron chi connectivity index (χ2n) is 7.98. The fourth-order valence-corrected chi connectivity index (χ4v) is 4.37. The molecule has 8 heteroatoms. The molecule has 3 rings (SSSR count). The van der Waals surface area contributed by atoms with Crippen molar-refractivity contribution in [2.45, 2.75) is 38.5 Å². The highest BCUT2D eigenvalue weighted by Gasteiger charge is 2.22. The van der Waals surface area contributed by atoms with Gasteiger partial charge in [0.25, 0.3) is 0 Å². The summed E-state index contributed by atoms with van der Waals surface area (Å²) in [5.41, 5.74) is 2.80. The molecule has 0 atom stereocenters. The minimum atomic E-state index is -3.52. The van der Waals surface area contributed by atoms with Crippen molar-refractivity contribution < 1.29 is 12.9 Å². The fraction of sp³-hybridized carbons (Fsp3) is 0.333. The third-order valence-corrected chi connectivity index (χ3v) is 6.82. The van der Waals surface area contributed by atoms with Crippen LogP contribution in [0.4, 0.5) is 0 Å². The average molecular weight is 478 g/mol. The molecule has 0 N–H and O–H groups in total. The number of hydrogen-bond acceptors (Lipinski definition) is 5. The average Bonchev–Trinajstić information content (AvgIpc) is 3.09. The monoisotopic (exact) mass is 477 g/mol. The van der Waals surface area contributed by atoms with Crippen molar-refractivity contribution >= 4 is 26.0 Å². The SMILES string of the molecule is CN(Cc1nc(-c2ccc(C(C)(C)C)cc2)no1)S(=O)(=O)Cc1cccc(Br)c1. The summed E-state index contributed by atoms with van der Waals surface area (Å²) in [5, 5.41) is 4.00. The lowest BCUT2D eigenvalue weighted by molar-refractivity contribution is 0.336. The van der Waals surface area contributed by atoms with Gasteiger partial charge >= 0.3 is 0 Å². The molecular formula is C21H24BrN3O3S. The Morgan fingerprint density at radius 1 is 1.10 bits per heavy atom. The number of halogens is 1. The van der Waals surface area contributed by atoms with Gasteiger partial charge in [0.2, 0.25) is 21.7 Å². The van der Waals surface area contributed by atoms with Crippen LogP contribution >= 0.6 is 15.9 Å². The zero-order valence-electron chi connectivity index (χ0n) is 16.9. The van der Waals surface area contributed by atoms with Gasteiger partial charge in [0.05, 0.1) is 12.3 Å². The maximum Gasteiger partial charge on any atom is 0.242 e. The predicted octanol–water partition coefficient (Wildman–Crippen LogP) is 4.76. The minimum Gasteiger partial charge on any atom is -0.338 e. The first-order valence-electron chi connectivity index (χ1n) is 9.16. The Hall–Kier alpha value is -2.03. The van der Waals surface area contributed by atoms with E-state index in [0.29, 0.717) is 11.4 Å². The van der Waals surface area contributed by atoms with Crippen molar-refractivity contribution in [2.75, 3.05) is 7.05 Å². The number of aromatic nitrogens is 2. The van der Waals surface area contributed by atoms with E-state index in [-0.39, 0.29) is 23.6 Å². The number of benzene rings is 2. The van der Waals surface area contributed by atoms with Crippen molar-refractivity contribution in [2.24, 2.45) is 0 Å². The molecule has 0 amide bonds. The minimum absolute atomic E-state index is 0.0173. The quantitative estimate of drug-likeness (QED) is 0.511. The van der Waals surface area contributed by atoms with E-state index < -0.39 is 10.0 Å². The third-order valence-electron chi connectivity index (χ3n) is 4.55. The van der Waals surface area contributed by atoms with Crippen molar-refractivity contribution in [3.8, 4) is 11.4 Å². The number of rotatable bonds is 6. The standard InChI is InChI=1S/C21H24BrN3O3S/c1-21(2,3)17-10-8-16(9-11-17)20-23-19(28-24-20)13-25(4)29(26,27)14-15-6-5-7-18(22)12-15/h5-12H,13-14H2,1-4H3. The van der Waals surface area contributed by atoms with Crippen molar-refractivity contribution in [1.82, 2.24) is 14.4 Å². The maximum atomic E-state index is 12.6. The van der Waals surface area contributed by atoms with Crippen LogP contribution in [-0.4, -0.2) is 29.9 Å². The van der Waals surface area contributed by atoms with E-state index in [1.807, 2.05) is 36.4 Å². The van der Waals surface area contributed by atoms with Gasteiger partial charge in [-0.25, -0.2) is 8.42 Å². The van der Waals surface area contributed by atoms with Gasteiger partial charge in [-0.2, -0.15) is 9.29 Å². The molecule has 0 radical (unpaired) electrons. The van der Waals surface area contributed by atoms with E-state index in [1.54, 1.807) is 12.1 Å². The number of hydrogen-bond donors (Lipinski definition) is 0. The van der Waals surface area contributed by atoms with Crippen molar-refractivity contribution in [1.29, 1.82) is 0 Å². The Morgan fingerprint density at radius 2 is 1.79 bits per heavy atom. The molecule has 0 bridgehead atoms. The Kier molecular flexibility index (Phi) is 6.26. The van der Waals surface area contributed by atoms with Crippen LogP contribution in [-0.2, 0) is 27.7 Å². The van der Waals surface area contributed by atoms with Gasteiger partial charge in [-0.3, -0.25) is 0 Å². The van der Waals surface area contributed by atoms with E-state index in [9.17, 15) is 8.42 Å². The van der Waals surface area contributed by atoms with Crippen LogP contribution in [0.5, 0.6) is 0 Å². The van der Waals surface area contributed by atoms with Crippen LogP contribution in [0.2, 0.25) is 0 Å². The number of nitrogens with zero attached hydrogens (tertiary/aromatic N) is 3. The molecule has 1 aromatic heterocycles. The van der Waals surface area contributed by atoms with Gasteiger partial charge in [0, 0.05) is 17.1 Å². The molecule has 0 aliphatic carbocycles. The Labute approximate surface area is 180 Å². The summed E-state index contributed by atoms with van der Waals surface area (Å²) < 4.78 is 32.6. The summed E-state index contributed by atoms with van der Waals surface area (Å²) >= 11 is 3.36. The first-order valence-corrected chi connectivity index (χ1v) is 11.6. The van der Waals surface area contributed by atoms with Gasteiger partial charge < -0.3 is 4.52 Å². The molecule has 0 aliphatic rings. The topological polar surface area (TPSA) is 76.3 Å². The number of sulfonamides is 1. The summed E-state index contributed by atoms with van der Waals surface area (Å²) in [4.78, 5) is 4.36. The van der Waals surface area contributed by atoms with Gasteiger partial charge in [-0.05, 0) is 28.7 Å². The van der Waals surface area contributed by atoms with E-state index >= 15 is 0 Å². The van der Waals surface area contributed by atoms with E-state index in [4.69, 9.17) is 4.52 Å². The van der Waals surface area contributed by atoms with E-state index in [1.165, 1.54) is 16.9 Å². The van der Waals surface area contributed by atoms with Crippen LogP contribution in [0.15, 0.2) is 57.5 Å². The molecule has 29 heavy (non-hydrogen) atoms. The molecule has 6 nitrogen and oxygen atoms in total. The van der Waals surface area contributed by atoms with Crippen LogP contribution < -0.4 is 0 Å². The Balaban J connectivity index is 1.70. The second-order valence-corrected chi connectivity index (χ2v) is 11.0. The molecule has 3 aromatic rings. The molecule has 2 aromatic carbocycles. The summed E-state index contributed by atoms with van der Waals surface area (Å²) in [5.74, 6) is 0.594. The zero-order valence-corrected chi connectivity index (χ0v) is 19.3. The lowest BCUT2D eigenvalue weighted by atomic mass is 9.87. The molecular weight excluding hydrogens is 454 g/mol. The van der Waals surface area contributed by atoms with E-state index in [2.05, 4.69) is 46.8 Å². The van der Waals surface area contributed by atoms with Crippen LogP contribution in [0.3, 0.4) is 0 Å². The van der Waals surface area contributed by atoms with Gasteiger partial charge in [-0.1, -0.05) is 78.3 Å². The highest BCUT2D eigenvalue weighted by atomic mass is 79.9. The molecule has 0 saturated carbocycles. The van der Waals surface area contributed by atoms with Crippen LogP contribution in [0.1, 0.15) is 37.8 Å². The maximum absolute atomic E-state index is 12.6. The van der Waals surface area contributed by atoms with Gasteiger partial charge in [0.15, 0.2) is 0 Å². The summed E-state index contributed by atoms with van der Waals surface area (Å²) in [6.07, 6.45) is 0. The lowest BCUT2D eigenvalue weighted by Crippen LogP contribution is -2.27. The molecule has 0 saturated heterocycles. The summed E-state index contributed by atoms with van der Waals surface area (Å²) in [7, 11) is -2.01. The fourth-order valence-electron chi connectivity index (χ4n) is 2.79. The van der Waals surface area contributed by atoms with Crippen molar-refractivity contribution in [3.05, 3.63) is 70.0 Å². The molecule has 1 heterocycles. The summed E-state index contributed by atoms with van der Waals surface area (Å²) in [6.45, 7) is 6.47. The molecule has 0 aliphatic heterocycles. The van der Waals surface area contributed by atoms with Gasteiger partial charge in [-0.15, -0.1) is 0 Å². The van der Waals surface area contributed by atoms with E-state index in [0.717, 1.165) is 10.0 Å². The van der Waals surface area contributed by atoms with Crippen molar-refractivity contribution in [3.63, 3.8) is 0 Å². The van der Waals surface area contributed by atoms with Crippen LogP contribution in [0.25, 0.3) is 11.4 Å². The Morgan fingerprint density at radius 3 is 2.41 bits per heavy atom. The first-order chi connectivity index (χ1) is 13.5. The normalized spacial score (nSPS) is 12.5. The zero-order chi connectivity index (χ0) is 21.2.